The van der Waals surface area contributed by atoms with Crippen molar-refractivity contribution in [2.75, 3.05) is 39.3 Å². The Hall–Kier alpha value is -1.24. The van der Waals surface area contributed by atoms with Crippen LogP contribution in [0.1, 0.15) is 12.0 Å². The van der Waals surface area contributed by atoms with Crippen molar-refractivity contribution in [3.8, 4) is 0 Å². The summed E-state index contributed by atoms with van der Waals surface area (Å²) < 4.78 is 26.5. The Bertz CT molecular complexity index is 544. The van der Waals surface area contributed by atoms with Crippen LogP contribution in [0, 0.1) is 11.6 Å². The lowest BCUT2D eigenvalue weighted by atomic mass is 10.1. The van der Waals surface area contributed by atoms with Crippen LogP contribution >= 0.6 is 12.4 Å². The van der Waals surface area contributed by atoms with Gasteiger partial charge in [0.05, 0.1) is 6.42 Å². The molecule has 2 aliphatic rings. The zero-order chi connectivity index (χ0) is 15.5. The van der Waals surface area contributed by atoms with Crippen molar-refractivity contribution < 1.29 is 13.6 Å². The number of nitrogens with zero attached hydrogens (tertiary/aromatic N) is 2. The number of carbonyl (C=O) groups is 1. The van der Waals surface area contributed by atoms with E-state index in [0.717, 1.165) is 38.7 Å². The minimum atomic E-state index is -0.649. The van der Waals surface area contributed by atoms with Crippen LogP contribution in [0.3, 0.4) is 0 Å². The van der Waals surface area contributed by atoms with E-state index in [1.807, 2.05) is 0 Å². The molecule has 128 valence electrons. The van der Waals surface area contributed by atoms with Crippen LogP contribution < -0.4 is 5.32 Å². The molecule has 2 heterocycles. The van der Waals surface area contributed by atoms with Gasteiger partial charge in [0.2, 0.25) is 5.91 Å². The fourth-order valence-electron chi connectivity index (χ4n) is 3.23. The van der Waals surface area contributed by atoms with Gasteiger partial charge < -0.3 is 10.2 Å². The van der Waals surface area contributed by atoms with Crippen molar-refractivity contribution in [2.24, 2.45) is 0 Å². The molecule has 0 spiro atoms. The number of hydrogen-bond acceptors (Lipinski definition) is 3. The molecule has 2 aliphatic heterocycles. The maximum Gasteiger partial charge on any atom is 0.227 e. The standard InChI is InChI=1S/C16H21F2N3O.ClH/c17-13-2-1-12(15(18)10-13)9-16(22)21-7-5-20(6-8-21)14-3-4-19-11-14;/h1-2,10,14,19H,3-9,11H2;1H. The van der Waals surface area contributed by atoms with Crippen LogP contribution in [-0.2, 0) is 11.2 Å². The highest BCUT2D eigenvalue weighted by atomic mass is 35.5. The summed E-state index contributed by atoms with van der Waals surface area (Å²) in [5.74, 6) is -1.36. The van der Waals surface area contributed by atoms with Gasteiger partial charge in [-0.3, -0.25) is 9.69 Å². The molecular formula is C16H22ClF2N3O. The number of hydrogen-bond donors (Lipinski definition) is 1. The van der Waals surface area contributed by atoms with Gasteiger partial charge in [-0.05, 0) is 24.6 Å². The zero-order valence-corrected chi connectivity index (χ0v) is 13.7. The average molecular weight is 346 g/mol. The molecule has 3 rings (SSSR count). The molecule has 1 atom stereocenters. The second-order valence-corrected chi connectivity index (χ2v) is 5.98. The molecule has 23 heavy (non-hydrogen) atoms. The van der Waals surface area contributed by atoms with E-state index in [1.165, 1.54) is 12.1 Å². The van der Waals surface area contributed by atoms with Crippen molar-refractivity contribution in [2.45, 2.75) is 18.9 Å². The van der Waals surface area contributed by atoms with Crippen molar-refractivity contribution in [3.63, 3.8) is 0 Å². The first kappa shape index (κ1) is 18.1. The van der Waals surface area contributed by atoms with Gasteiger partial charge in [0, 0.05) is 44.8 Å². The van der Waals surface area contributed by atoms with Crippen LogP contribution in [-0.4, -0.2) is 61.0 Å². The third-order valence-electron chi connectivity index (χ3n) is 4.57. The third kappa shape index (κ3) is 4.40. The Morgan fingerprint density at radius 3 is 2.57 bits per heavy atom. The molecule has 0 aromatic heterocycles. The average Bonchev–Trinajstić information content (AvgIpc) is 3.04. The summed E-state index contributed by atoms with van der Waals surface area (Å²) in [5.41, 5.74) is 0.258. The molecule has 7 heteroatoms. The van der Waals surface area contributed by atoms with E-state index in [1.54, 1.807) is 4.90 Å². The molecule has 4 nitrogen and oxygen atoms in total. The topological polar surface area (TPSA) is 35.6 Å². The maximum absolute atomic E-state index is 13.6. The number of rotatable bonds is 3. The lowest BCUT2D eigenvalue weighted by molar-refractivity contribution is -0.132. The summed E-state index contributed by atoms with van der Waals surface area (Å²) >= 11 is 0. The number of nitrogens with one attached hydrogen (secondary N) is 1. The lowest BCUT2D eigenvalue weighted by Gasteiger charge is -2.37. The van der Waals surface area contributed by atoms with Gasteiger partial charge in [-0.2, -0.15) is 0 Å². The predicted octanol–water partition coefficient (Wildman–Crippen LogP) is 1.44. The molecule has 1 aromatic carbocycles. The smallest absolute Gasteiger partial charge is 0.227 e. The summed E-state index contributed by atoms with van der Waals surface area (Å²) in [7, 11) is 0. The number of halogens is 3. The summed E-state index contributed by atoms with van der Waals surface area (Å²) in [6.45, 7) is 5.17. The van der Waals surface area contributed by atoms with E-state index in [9.17, 15) is 13.6 Å². The highest BCUT2D eigenvalue weighted by Crippen LogP contribution is 2.15. The SMILES string of the molecule is Cl.O=C(Cc1ccc(F)cc1F)N1CCN(C2CCNC2)CC1. The number of carbonyl (C=O) groups excluding carboxylic acids is 1. The van der Waals surface area contributed by atoms with E-state index in [0.29, 0.717) is 19.1 Å². The second-order valence-electron chi connectivity index (χ2n) is 5.98. The largest absolute Gasteiger partial charge is 0.340 e. The summed E-state index contributed by atoms with van der Waals surface area (Å²) in [5, 5.41) is 3.35. The Labute approximate surface area is 141 Å². The molecule has 0 radical (unpaired) electrons. The Balaban J connectivity index is 0.00000192. The van der Waals surface area contributed by atoms with Crippen LogP contribution in [0.4, 0.5) is 8.78 Å². The van der Waals surface area contributed by atoms with Crippen molar-refractivity contribution in [3.05, 3.63) is 35.4 Å². The number of amides is 1. The van der Waals surface area contributed by atoms with Crippen molar-refractivity contribution in [1.82, 2.24) is 15.1 Å². The van der Waals surface area contributed by atoms with Gasteiger partial charge >= 0.3 is 0 Å². The van der Waals surface area contributed by atoms with Crippen LogP contribution in [0.25, 0.3) is 0 Å². The zero-order valence-electron chi connectivity index (χ0n) is 12.9. The monoisotopic (exact) mass is 345 g/mol. The minimum Gasteiger partial charge on any atom is -0.340 e. The molecule has 1 aromatic rings. The molecule has 0 aliphatic carbocycles. The molecule has 1 N–H and O–H groups in total. The van der Waals surface area contributed by atoms with E-state index < -0.39 is 11.6 Å². The maximum atomic E-state index is 13.6. The molecule has 2 saturated heterocycles. The van der Waals surface area contributed by atoms with Gasteiger partial charge in [0.15, 0.2) is 0 Å². The first-order valence-electron chi connectivity index (χ1n) is 7.80. The Morgan fingerprint density at radius 1 is 1.22 bits per heavy atom. The van der Waals surface area contributed by atoms with Gasteiger partial charge in [0.1, 0.15) is 11.6 Å². The highest BCUT2D eigenvalue weighted by Gasteiger charge is 2.27. The van der Waals surface area contributed by atoms with Gasteiger partial charge in [-0.25, -0.2) is 8.78 Å². The first-order valence-corrected chi connectivity index (χ1v) is 7.80. The van der Waals surface area contributed by atoms with Crippen LogP contribution in [0.5, 0.6) is 0 Å². The molecule has 1 unspecified atom stereocenters. The third-order valence-corrected chi connectivity index (χ3v) is 4.57. The second kappa shape index (κ2) is 8.04. The fourth-order valence-corrected chi connectivity index (χ4v) is 3.23. The van der Waals surface area contributed by atoms with Crippen LogP contribution in [0.15, 0.2) is 18.2 Å². The molecule has 2 fully saturated rings. The fraction of sp³-hybridized carbons (Fsp3) is 0.562. The molecular weight excluding hydrogens is 324 g/mol. The van der Waals surface area contributed by atoms with E-state index in [2.05, 4.69) is 10.2 Å². The van der Waals surface area contributed by atoms with Crippen LogP contribution in [0.2, 0.25) is 0 Å². The Kier molecular flexibility index (Phi) is 6.33. The molecule has 1 amide bonds. The molecule has 0 saturated carbocycles. The normalized spacial score (nSPS) is 22.0. The van der Waals surface area contributed by atoms with Gasteiger partial charge in [-0.1, -0.05) is 6.07 Å². The number of piperazine rings is 1. The Morgan fingerprint density at radius 2 is 1.96 bits per heavy atom. The highest BCUT2D eigenvalue weighted by molar-refractivity contribution is 5.85. The van der Waals surface area contributed by atoms with Gasteiger partial charge in [-0.15, -0.1) is 12.4 Å². The number of benzene rings is 1. The summed E-state index contributed by atoms with van der Waals surface area (Å²) in [6.07, 6.45) is 1.16. The molecule has 0 bridgehead atoms. The van der Waals surface area contributed by atoms with E-state index in [-0.39, 0.29) is 30.3 Å². The van der Waals surface area contributed by atoms with Gasteiger partial charge in [0.25, 0.3) is 0 Å². The summed E-state index contributed by atoms with van der Waals surface area (Å²) in [6, 6.07) is 3.94. The van der Waals surface area contributed by atoms with E-state index in [4.69, 9.17) is 0 Å². The predicted molar refractivity (Wildman–Crippen MR) is 86.7 cm³/mol. The minimum absolute atomic E-state index is 0. The first-order chi connectivity index (χ1) is 10.6. The van der Waals surface area contributed by atoms with E-state index >= 15 is 0 Å². The quantitative estimate of drug-likeness (QED) is 0.900. The van der Waals surface area contributed by atoms with Crippen molar-refractivity contribution in [1.29, 1.82) is 0 Å². The van der Waals surface area contributed by atoms with Crippen molar-refractivity contribution >= 4 is 18.3 Å². The lowest BCUT2D eigenvalue weighted by Crippen LogP contribution is -2.52. The summed E-state index contributed by atoms with van der Waals surface area (Å²) in [4.78, 5) is 16.5.